The lowest BCUT2D eigenvalue weighted by Crippen LogP contribution is -2.21. The van der Waals surface area contributed by atoms with E-state index >= 15 is 0 Å². The second kappa shape index (κ2) is 6.44. The number of aryl methyl sites for hydroxylation is 1. The Kier molecular flexibility index (Phi) is 4.65. The summed E-state index contributed by atoms with van der Waals surface area (Å²) in [5.41, 5.74) is 0.941. The number of amides is 1. The van der Waals surface area contributed by atoms with Crippen molar-refractivity contribution >= 4 is 40.6 Å². The summed E-state index contributed by atoms with van der Waals surface area (Å²) in [6, 6.07) is 3.39. The summed E-state index contributed by atoms with van der Waals surface area (Å²) in [4.78, 5) is 27.8. The van der Waals surface area contributed by atoms with Crippen molar-refractivity contribution in [2.45, 2.75) is 13.5 Å². The Morgan fingerprint density at radius 3 is 2.90 bits per heavy atom. The van der Waals surface area contributed by atoms with Gasteiger partial charge >= 0.3 is 5.97 Å². The van der Waals surface area contributed by atoms with Gasteiger partial charge in [-0.05, 0) is 25.1 Å². The van der Waals surface area contributed by atoms with Crippen molar-refractivity contribution < 1.29 is 14.7 Å². The minimum absolute atomic E-state index is 0.183. The number of nitrogens with zero attached hydrogens (tertiary/aromatic N) is 1. The van der Waals surface area contributed by atoms with E-state index in [0.29, 0.717) is 11.4 Å². The van der Waals surface area contributed by atoms with Crippen LogP contribution in [0.2, 0.25) is 0 Å². The minimum atomic E-state index is -1.01. The summed E-state index contributed by atoms with van der Waals surface area (Å²) < 4.78 is 0. The molecule has 2 N–H and O–H groups in total. The van der Waals surface area contributed by atoms with E-state index < -0.39 is 5.97 Å². The SMILES string of the molecule is Cc1csc(CNC(=O)c2ccc(C=CC(=O)O)s2)n1. The molecule has 104 valence electrons. The standard InChI is InChI=1S/C13H12N2O3S2/c1-8-7-19-11(15-8)6-14-13(18)10-4-2-9(20-10)3-5-12(16)17/h2-5,7H,6H2,1H3,(H,14,18)(H,16,17). The topological polar surface area (TPSA) is 79.3 Å². The second-order valence-corrected chi connectivity index (χ2v) is 6.00. The molecule has 2 aromatic heterocycles. The number of hydrogen-bond acceptors (Lipinski definition) is 5. The first-order valence-electron chi connectivity index (χ1n) is 5.74. The van der Waals surface area contributed by atoms with E-state index in [0.717, 1.165) is 21.7 Å². The quantitative estimate of drug-likeness (QED) is 0.832. The molecule has 0 aliphatic rings. The maximum absolute atomic E-state index is 11.9. The van der Waals surface area contributed by atoms with Crippen LogP contribution in [0.5, 0.6) is 0 Å². The summed E-state index contributed by atoms with van der Waals surface area (Å²) in [7, 11) is 0. The molecule has 20 heavy (non-hydrogen) atoms. The molecule has 0 unspecified atom stereocenters. The van der Waals surface area contributed by atoms with E-state index in [4.69, 9.17) is 5.11 Å². The first kappa shape index (κ1) is 14.4. The van der Waals surface area contributed by atoms with Gasteiger partial charge in [-0.25, -0.2) is 9.78 Å². The normalized spacial score (nSPS) is 10.8. The van der Waals surface area contributed by atoms with Gasteiger partial charge in [0, 0.05) is 22.0 Å². The first-order valence-corrected chi connectivity index (χ1v) is 7.44. The zero-order valence-electron chi connectivity index (χ0n) is 10.6. The molecule has 0 bridgehead atoms. The van der Waals surface area contributed by atoms with Gasteiger partial charge in [-0.1, -0.05) is 0 Å². The monoisotopic (exact) mass is 308 g/mol. The van der Waals surface area contributed by atoms with Crippen LogP contribution in [-0.4, -0.2) is 22.0 Å². The largest absolute Gasteiger partial charge is 0.478 e. The average molecular weight is 308 g/mol. The molecule has 0 aromatic carbocycles. The zero-order chi connectivity index (χ0) is 14.5. The van der Waals surface area contributed by atoms with Crippen molar-refractivity contribution in [1.29, 1.82) is 0 Å². The highest BCUT2D eigenvalue weighted by Crippen LogP contribution is 2.18. The van der Waals surface area contributed by atoms with Gasteiger partial charge in [0.1, 0.15) is 5.01 Å². The van der Waals surface area contributed by atoms with Crippen LogP contribution in [0.1, 0.15) is 25.3 Å². The molecule has 0 atom stereocenters. The lowest BCUT2D eigenvalue weighted by atomic mass is 10.4. The molecule has 0 aliphatic carbocycles. The molecule has 0 aliphatic heterocycles. The Labute approximate surface area is 123 Å². The first-order chi connectivity index (χ1) is 9.54. The van der Waals surface area contributed by atoms with Crippen molar-refractivity contribution in [2.75, 3.05) is 0 Å². The Bertz CT molecular complexity index is 658. The molecule has 7 heteroatoms. The van der Waals surface area contributed by atoms with Gasteiger partial charge < -0.3 is 10.4 Å². The molecule has 1 amide bonds. The highest BCUT2D eigenvalue weighted by atomic mass is 32.1. The van der Waals surface area contributed by atoms with E-state index in [1.54, 1.807) is 12.1 Å². The Morgan fingerprint density at radius 1 is 1.45 bits per heavy atom. The molecular formula is C13H12N2O3S2. The number of aromatic nitrogens is 1. The Balaban J connectivity index is 1.94. The molecule has 0 fully saturated rings. The van der Waals surface area contributed by atoms with Gasteiger partial charge in [0.2, 0.25) is 0 Å². The summed E-state index contributed by atoms with van der Waals surface area (Å²) in [5, 5.41) is 14.1. The van der Waals surface area contributed by atoms with Crippen LogP contribution in [0.4, 0.5) is 0 Å². The zero-order valence-corrected chi connectivity index (χ0v) is 12.3. The minimum Gasteiger partial charge on any atom is -0.478 e. The average Bonchev–Trinajstić information content (AvgIpc) is 3.02. The number of carbonyl (C=O) groups excluding carboxylic acids is 1. The second-order valence-electron chi connectivity index (χ2n) is 3.94. The van der Waals surface area contributed by atoms with Crippen LogP contribution in [0.3, 0.4) is 0 Å². The van der Waals surface area contributed by atoms with E-state index in [9.17, 15) is 9.59 Å². The van der Waals surface area contributed by atoms with Gasteiger partial charge in [-0.15, -0.1) is 22.7 Å². The molecular weight excluding hydrogens is 296 g/mol. The van der Waals surface area contributed by atoms with Gasteiger partial charge in [0.15, 0.2) is 0 Å². The van der Waals surface area contributed by atoms with Crippen molar-refractivity contribution in [3.63, 3.8) is 0 Å². The molecule has 0 saturated carbocycles. The highest BCUT2D eigenvalue weighted by molar-refractivity contribution is 7.14. The van der Waals surface area contributed by atoms with Crippen LogP contribution in [0, 0.1) is 6.92 Å². The van der Waals surface area contributed by atoms with Crippen LogP contribution in [-0.2, 0) is 11.3 Å². The van der Waals surface area contributed by atoms with E-state index in [1.807, 2.05) is 12.3 Å². The fourth-order valence-corrected chi connectivity index (χ4v) is 2.98. The maximum Gasteiger partial charge on any atom is 0.328 e. The van der Waals surface area contributed by atoms with Crippen molar-refractivity contribution in [1.82, 2.24) is 10.3 Å². The molecule has 0 radical (unpaired) electrons. The van der Waals surface area contributed by atoms with E-state index in [2.05, 4.69) is 10.3 Å². The molecule has 2 rings (SSSR count). The summed E-state index contributed by atoms with van der Waals surface area (Å²) in [6.45, 7) is 2.30. The summed E-state index contributed by atoms with van der Waals surface area (Å²) in [5.74, 6) is -1.19. The van der Waals surface area contributed by atoms with Crippen LogP contribution in [0.15, 0.2) is 23.6 Å². The fourth-order valence-electron chi connectivity index (χ4n) is 1.44. The van der Waals surface area contributed by atoms with Gasteiger partial charge in [-0.3, -0.25) is 4.79 Å². The number of carboxylic acid groups (broad SMARTS) is 1. The van der Waals surface area contributed by atoms with E-state index in [-0.39, 0.29) is 5.91 Å². The predicted octanol–water partition coefficient (Wildman–Crippen LogP) is 2.54. The number of carbonyl (C=O) groups is 2. The number of carboxylic acids is 1. The predicted molar refractivity (Wildman–Crippen MR) is 79.0 cm³/mol. The Hall–Kier alpha value is -1.99. The molecule has 0 spiro atoms. The lowest BCUT2D eigenvalue weighted by molar-refractivity contribution is -0.131. The lowest BCUT2D eigenvalue weighted by Gasteiger charge is -1.99. The number of thiophene rings is 1. The highest BCUT2D eigenvalue weighted by Gasteiger charge is 2.09. The maximum atomic E-state index is 11.9. The van der Waals surface area contributed by atoms with Crippen molar-refractivity contribution in [3.8, 4) is 0 Å². The number of nitrogens with one attached hydrogen (secondary N) is 1. The van der Waals surface area contributed by atoms with Gasteiger partial charge in [-0.2, -0.15) is 0 Å². The van der Waals surface area contributed by atoms with Gasteiger partial charge in [0.05, 0.1) is 11.4 Å². The van der Waals surface area contributed by atoms with Crippen molar-refractivity contribution in [3.05, 3.63) is 44.0 Å². The number of thiazole rings is 1. The van der Waals surface area contributed by atoms with Crippen LogP contribution >= 0.6 is 22.7 Å². The van der Waals surface area contributed by atoms with Crippen molar-refractivity contribution in [2.24, 2.45) is 0 Å². The van der Waals surface area contributed by atoms with Crippen LogP contribution < -0.4 is 5.32 Å². The van der Waals surface area contributed by atoms with Gasteiger partial charge in [0.25, 0.3) is 5.91 Å². The van der Waals surface area contributed by atoms with E-state index in [1.165, 1.54) is 28.7 Å². The number of aliphatic carboxylic acids is 1. The third-order valence-electron chi connectivity index (χ3n) is 2.31. The Morgan fingerprint density at radius 2 is 2.25 bits per heavy atom. The number of rotatable bonds is 5. The number of hydrogen-bond donors (Lipinski definition) is 2. The molecule has 5 nitrogen and oxygen atoms in total. The molecule has 0 saturated heterocycles. The smallest absolute Gasteiger partial charge is 0.328 e. The third kappa shape index (κ3) is 4.01. The fraction of sp³-hybridized carbons (Fsp3) is 0.154. The van der Waals surface area contributed by atoms with Crippen LogP contribution in [0.25, 0.3) is 6.08 Å². The summed E-state index contributed by atoms with van der Waals surface area (Å²) >= 11 is 2.75. The molecule has 2 aromatic rings. The summed E-state index contributed by atoms with van der Waals surface area (Å²) in [6.07, 6.45) is 2.51. The molecule has 2 heterocycles. The third-order valence-corrected chi connectivity index (χ3v) is 4.32.